The minimum atomic E-state index is -0.787. The molecule has 0 saturated heterocycles. The molecular formula is C25H26N2O3S2. The summed E-state index contributed by atoms with van der Waals surface area (Å²) in [4.78, 5) is 42.6. The van der Waals surface area contributed by atoms with Gasteiger partial charge in [-0.3, -0.25) is 19.3 Å². The Morgan fingerprint density at radius 1 is 1.03 bits per heavy atom. The molecule has 4 rings (SSSR count). The van der Waals surface area contributed by atoms with E-state index < -0.39 is 6.04 Å². The maximum atomic E-state index is 13.6. The number of rotatable bonds is 8. The van der Waals surface area contributed by atoms with Gasteiger partial charge >= 0.3 is 0 Å². The van der Waals surface area contributed by atoms with Gasteiger partial charge in [-0.1, -0.05) is 37.1 Å². The van der Waals surface area contributed by atoms with E-state index >= 15 is 0 Å². The van der Waals surface area contributed by atoms with Gasteiger partial charge in [0.25, 0.3) is 0 Å². The van der Waals surface area contributed by atoms with E-state index in [-0.39, 0.29) is 30.1 Å². The highest BCUT2D eigenvalue weighted by Gasteiger charge is 2.35. The molecule has 1 aromatic carbocycles. The molecule has 1 saturated carbocycles. The molecule has 2 amide bonds. The van der Waals surface area contributed by atoms with E-state index in [9.17, 15) is 14.4 Å². The summed E-state index contributed by atoms with van der Waals surface area (Å²) in [5, 5.41) is 7.03. The minimum Gasteiger partial charge on any atom is -0.351 e. The Morgan fingerprint density at radius 2 is 1.78 bits per heavy atom. The fourth-order valence-electron chi connectivity index (χ4n) is 4.13. The van der Waals surface area contributed by atoms with E-state index in [1.807, 2.05) is 35.0 Å². The highest BCUT2D eigenvalue weighted by Crippen LogP contribution is 2.33. The number of ketones is 1. The maximum absolute atomic E-state index is 13.6. The van der Waals surface area contributed by atoms with E-state index in [4.69, 9.17) is 0 Å². The van der Waals surface area contributed by atoms with Gasteiger partial charge in [0.05, 0.1) is 6.42 Å². The summed E-state index contributed by atoms with van der Waals surface area (Å²) in [5.41, 5.74) is 1.07. The zero-order chi connectivity index (χ0) is 22.5. The normalized spacial score (nSPS) is 14.8. The van der Waals surface area contributed by atoms with Crippen molar-refractivity contribution in [1.82, 2.24) is 5.32 Å². The number of amides is 2. The molecule has 166 valence electrons. The summed E-state index contributed by atoms with van der Waals surface area (Å²) >= 11 is 2.97. The van der Waals surface area contributed by atoms with Crippen LogP contribution in [0, 0.1) is 0 Å². The molecule has 0 radical (unpaired) electrons. The zero-order valence-electron chi connectivity index (χ0n) is 18.0. The molecule has 5 nitrogen and oxygen atoms in total. The van der Waals surface area contributed by atoms with Gasteiger partial charge in [-0.25, -0.2) is 0 Å². The molecule has 1 aliphatic carbocycles. The molecule has 7 heteroatoms. The van der Waals surface area contributed by atoms with Crippen molar-refractivity contribution in [2.45, 2.75) is 51.1 Å². The first-order valence-corrected chi connectivity index (χ1v) is 12.6. The first-order valence-electron chi connectivity index (χ1n) is 10.8. The van der Waals surface area contributed by atoms with Crippen LogP contribution in [0.4, 0.5) is 5.69 Å². The van der Waals surface area contributed by atoms with E-state index in [0.717, 1.165) is 35.4 Å². The van der Waals surface area contributed by atoms with Gasteiger partial charge in [0.15, 0.2) is 5.78 Å². The predicted octanol–water partition coefficient (Wildman–Crippen LogP) is 5.39. The molecule has 0 spiro atoms. The molecule has 1 atom stereocenters. The van der Waals surface area contributed by atoms with Crippen molar-refractivity contribution < 1.29 is 14.4 Å². The molecule has 3 aromatic rings. The number of hydrogen-bond donors (Lipinski definition) is 1. The Bertz CT molecular complexity index is 1070. The topological polar surface area (TPSA) is 66.5 Å². The van der Waals surface area contributed by atoms with Crippen LogP contribution in [0.15, 0.2) is 59.3 Å². The van der Waals surface area contributed by atoms with Gasteiger partial charge in [0, 0.05) is 27.0 Å². The molecule has 2 heterocycles. The van der Waals surface area contributed by atoms with Crippen LogP contribution in [0.25, 0.3) is 0 Å². The van der Waals surface area contributed by atoms with Crippen LogP contribution in [0.1, 0.15) is 58.8 Å². The lowest BCUT2D eigenvalue weighted by Crippen LogP contribution is -2.46. The van der Waals surface area contributed by atoms with Crippen LogP contribution in [-0.2, 0) is 16.0 Å². The van der Waals surface area contributed by atoms with Crippen LogP contribution in [0.2, 0.25) is 0 Å². The number of carbonyl (C=O) groups excluding carboxylic acids is 3. The van der Waals surface area contributed by atoms with E-state index in [1.54, 1.807) is 29.2 Å². The Labute approximate surface area is 196 Å². The molecule has 0 aliphatic heterocycles. The minimum absolute atomic E-state index is 0.0828. The number of Topliss-reactive ketones (excluding diaryl/α,β-unsaturated/α-hetero) is 1. The summed E-state index contributed by atoms with van der Waals surface area (Å²) in [6, 6.07) is 14.0. The maximum Gasteiger partial charge on any atom is 0.248 e. The number of benzene rings is 1. The van der Waals surface area contributed by atoms with Gasteiger partial charge in [-0.15, -0.1) is 22.7 Å². The molecule has 32 heavy (non-hydrogen) atoms. The summed E-state index contributed by atoms with van der Waals surface area (Å²) in [6.45, 7) is 1.50. The van der Waals surface area contributed by atoms with Crippen LogP contribution in [0.5, 0.6) is 0 Å². The quantitative estimate of drug-likeness (QED) is 0.453. The summed E-state index contributed by atoms with van der Waals surface area (Å²) in [6.07, 6.45) is 4.34. The van der Waals surface area contributed by atoms with Crippen LogP contribution < -0.4 is 10.2 Å². The first-order chi connectivity index (χ1) is 15.5. The van der Waals surface area contributed by atoms with Crippen molar-refractivity contribution in [3.8, 4) is 0 Å². The second-order valence-electron chi connectivity index (χ2n) is 8.03. The summed E-state index contributed by atoms with van der Waals surface area (Å²) in [5.74, 6) is -0.430. The van der Waals surface area contributed by atoms with Crippen LogP contribution >= 0.6 is 22.7 Å². The lowest BCUT2D eigenvalue weighted by atomic mass is 10.1. The number of anilines is 1. The molecular weight excluding hydrogens is 440 g/mol. The average molecular weight is 467 g/mol. The third kappa shape index (κ3) is 5.16. The lowest BCUT2D eigenvalue weighted by Gasteiger charge is -2.31. The standard InChI is InChI=1S/C25H26N2O3S2/c1-17(28)18-7-4-10-20(15-18)27(23(29)16-21-11-5-13-31-21)24(22-12-6-14-32-22)25(30)26-19-8-2-3-9-19/h4-7,10-15,19,24H,2-3,8-9,16H2,1H3,(H,26,30)/t24-/m1/s1. The molecule has 1 N–H and O–H groups in total. The molecule has 1 aliphatic rings. The smallest absolute Gasteiger partial charge is 0.248 e. The van der Waals surface area contributed by atoms with E-state index in [1.165, 1.54) is 29.6 Å². The van der Waals surface area contributed by atoms with Crippen molar-refractivity contribution in [1.29, 1.82) is 0 Å². The molecule has 1 fully saturated rings. The fraction of sp³-hybridized carbons (Fsp3) is 0.320. The van der Waals surface area contributed by atoms with Crippen molar-refractivity contribution in [3.63, 3.8) is 0 Å². The third-order valence-electron chi connectivity index (χ3n) is 5.73. The number of hydrogen-bond acceptors (Lipinski definition) is 5. The van der Waals surface area contributed by atoms with Crippen molar-refractivity contribution >= 4 is 46.0 Å². The molecule has 2 aromatic heterocycles. The fourth-order valence-corrected chi connectivity index (χ4v) is 5.64. The monoisotopic (exact) mass is 466 g/mol. The Morgan fingerprint density at radius 3 is 2.44 bits per heavy atom. The van der Waals surface area contributed by atoms with Gasteiger partial charge < -0.3 is 5.32 Å². The number of thiophene rings is 2. The van der Waals surface area contributed by atoms with Gasteiger partial charge in [-0.05, 0) is 54.8 Å². The van der Waals surface area contributed by atoms with Crippen LogP contribution in [-0.4, -0.2) is 23.6 Å². The van der Waals surface area contributed by atoms with Gasteiger partial charge in [0.1, 0.15) is 6.04 Å². The van der Waals surface area contributed by atoms with Gasteiger partial charge in [-0.2, -0.15) is 0 Å². The van der Waals surface area contributed by atoms with E-state index in [0.29, 0.717) is 11.3 Å². The van der Waals surface area contributed by atoms with Crippen molar-refractivity contribution in [2.75, 3.05) is 4.90 Å². The third-order valence-corrected chi connectivity index (χ3v) is 7.53. The molecule has 0 unspecified atom stereocenters. The second kappa shape index (κ2) is 10.2. The van der Waals surface area contributed by atoms with Crippen LogP contribution in [0.3, 0.4) is 0 Å². The SMILES string of the molecule is CC(=O)c1cccc(N(C(=O)Cc2cccs2)[C@@H](C(=O)NC2CCCC2)c2cccs2)c1. The number of carbonyl (C=O) groups is 3. The van der Waals surface area contributed by atoms with Crippen molar-refractivity contribution in [3.05, 3.63) is 74.6 Å². The van der Waals surface area contributed by atoms with Crippen molar-refractivity contribution in [2.24, 2.45) is 0 Å². The predicted molar refractivity (Wildman–Crippen MR) is 129 cm³/mol. The Hall–Kier alpha value is -2.77. The zero-order valence-corrected chi connectivity index (χ0v) is 19.6. The number of nitrogens with one attached hydrogen (secondary N) is 1. The Kier molecular flexibility index (Phi) is 7.17. The average Bonchev–Trinajstić information content (AvgIpc) is 3.55. The number of nitrogens with zero attached hydrogens (tertiary/aromatic N) is 1. The summed E-state index contributed by atoms with van der Waals surface area (Å²) < 4.78 is 0. The molecule has 0 bridgehead atoms. The largest absolute Gasteiger partial charge is 0.351 e. The van der Waals surface area contributed by atoms with E-state index in [2.05, 4.69) is 5.32 Å². The lowest BCUT2D eigenvalue weighted by molar-refractivity contribution is -0.126. The second-order valence-corrected chi connectivity index (χ2v) is 10.0. The Balaban J connectivity index is 1.75. The summed E-state index contributed by atoms with van der Waals surface area (Å²) in [7, 11) is 0. The highest BCUT2D eigenvalue weighted by atomic mass is 32.1. The highest BCUT2D eigenvalue weighted by molar-refractivity contribution is 7.10. The first kappa shape index (κ1) is 22.4. The van der Waals surface area contributed by atoms with Gasteiger partial charge in [0.2, 0.25) is 11.8 Å².